The third kappa shape index (κ3) is 1.91. The van der Waals surface area contributed by atoms with E-state index < -0.39 is 17.8 Å². The number of carboxylic acid groups (broad SMARTS) is 1. The number of hydrogen-bond donors (Lipinski definition) is 3. The number of allylic oxidation sites excluding steroid dienone is 2. The average molecular weight is 297 g/mol. The third-order valence-corrected chi connectivity index (χ3v) is 4.76. The Morgan fingerprint density at radius 3 is 2.77 bits per heavy atom. The number of aliphatic carboxylic acids is 1. The summed E-state index contributed by atoms with van der Waals surface area (Å²) in [5.74, 6) is -2.21. The molecule has 1 saturated carbocycles. The van der Waals surface area contributed by atoms with Crippen molar-refractivity contribution in [3.63, 3.8) is 0 Å². The number of fused-ring (bicyclic) bond motifs is 3. The van der Waals surface area contributed by atoms with Crippen molar-refractivity contribution in [3.8, 4) is 0 Å². The van der Waals surface area contributed by atoms with Crippen LogP contribution >= 0.6 is 0 Å². The summed E-state index contributed by atoms with van der Waals surface area (Å²) in [5.41, 5.74) is 1.48. The van der Waals surface area contributed by atoms with Crippen LogP contribution in [0.5, 0.6) is 0 Å². The van der Waals surface area contributed by atoms with E-state index in [0.717, 1.165) is 17.3 Å². The molecule has 4 atom stereocenters. The number of anilines is 1. The van der Waals surface area contributed by atoms with Crippen molar-refractivity contribution in [2.75, 3.05) is 5.32 Å². The van der Waals surface area contributed by atoms with E-state index in [1.807, 2.05) is 18.2 Å². The van der Waals surface area contributed by atoms with Gasteiger partial charge in [0.25, 0.3) is 0 Å². The molecule has 2 aliphatic carbocycles. The molecule has 2 aromatic rings. The van der Waals surface area contributed by atoms with Gasteiger partial charge in [0.15, 0.2) is 0 Å². The molecule has 1 amide bonds. The summed E-state index contributed by atoms with van der Waals surface area (Å²) < 4.78 is 0. The Bertz CT molecular complexity index is 795. The molecule has 112 valence electrons. The maximum absolute atomic E-state index is 12.6. The Kier molecular flexibility index (Phi) is 2.79. The van der Waals surface area contributed by atoms with E-state index in [4.69, 9.17) is 0 Å². The zero-order valence-corrected chi connectivity index (χ0v) is 11.7. The molecular weight excluding hydrogens is 282 g/mol. The van der Waals surface area contributed by atoms with Gasteiger partial charge in [-0.1, -0.05) is 12.2 Å². The normalized spacial score (nSPS) is 29.1. The van der Waals surface area contributed by atoms with Crippen LogP contribution in [0, 0.1) is 23.7 Å². The van der Waals surface area contributed by atoms with E-state index in [1.165, 1.54) is 0 Å². The van der Waals surface area contributed by atoms with Gasteiger partial charge in [-0.25, -0.2) is 0 Å². The first-order chi connectivity index (χ1) is 10.6. The molecule has 0 spiro atoms. The van der Waals surface area contributed by atoms with Gasteiger partial charge in [0, 0.05) is 11.1 Å². The van der Waals surface area contributed by atoms with Crippen LogP contribution in [0.1, 0.15) is 6.42 Å². The van der Waals surface area contributed by atoms with E-state index in [2.05, 4.69) is 15.5 Å². The smallest absolute Gasteiger partial charge is 0.307 e. The summed E-state index contributed by atoms with van der Waals surface area (Å²) in [6.45, 7) is 0. The summed E-state index contributed by atoms with van der Waals surface area (Å²) in [6, 6.07) is 5.47. The molecule has 0 radical (unpaired) electrons. The summed E-state index contributed by atoms with van der Waals surface area (Å²) in [6.07, 6.45) is 6.38. The molecule has 0 aliphatic heterocycles. The highest BCUT2D eigenvalue weighted by Crippen LogP contribution is 2.48. The fraction of sp³-hybridized carbons (Fsp3) is 0.312. The Morgan fingerprint density at radius 2 is 2.00 bits per heavy atom. The third-order valence-electron chi connectivity index (χ3n) is 4.76. The summed E-state index contributed by atoms with van der Waals surface area (Å²) in [5, 5.41) is 20.0. The molecule has 1 aromatic heterocycles. The van der Waals surface area contributed by atoms with Gasteiger partial charge in [-0.2, -0.15) is 5.10 Å². The Labute approximate surface area is 126 Å². The number of hydrogen-bond acceptors (Lipinski definition) is 3. The molecule has 6 heteroatoms. The number of aromatic amines is 1. The second-order valence-corrected chi connectivity index (χ2v) is 6.00. The lowest BCUT2D eigenvalue weighted by molar-refractivity contribution is -0.146. The van der Waals surface area contributed by atoms with Gasteiger partial charge in [-0.15, -0.1) is 0 Å². The summed E-state index contributed by atoms with van der Waals surface area (Å²) >= 11 is 0. The number of carbonyl (C=O) groups is 2. The first-order valence-electron chi connectivity index (χ1n) is 7.28. The largest absolute Gasteiger partial charge is 0.481 e. The van der Waals surface area contributed by atoms with Crippen LogP contribution in [0.25, 0.3) is 10.9 Å². The number of nitrogens with zero attached hydrogens (tertiary/aromatic N) is 1. The number of H-pyrrole nitrogens is 1. The molecule has 3 N–H and O–H groups in total. The van der Waals surface area contributed by atoms with Crippen LogP contribution in [0.15, 0.2) is 36.5 Å². The van der Waals surface area contributed by atoms with Gasteiger partial charge in [0.1, 0.15) is 0 Å². The molecule has 4 rings (SSSR count). The predicted molar refractivity (Wildman–Crippen MR) is 80.1 cm³/mol. The number of aromatic nitrogens is 2. The maximum atomic E-state index is 12.6. The van der Waals surface area contributed by atoms with E-state index in [1.54, 1.807) is 18.3 Å². The van der Waals surface area contributed by atoms with E-state index in [0.29, 0.717) is 5.69 Å². The fourth-order valence-corrected chi connectivity index (χ4v) is 3.76. The zero-order chi connectivity index (χ0) is 15.3. The molecule has 22 heavy (non-hydrogen) atoms. The fourth-order valence-electron chi connectivity index (χ4n) is 3.76. The number of carboxylic acids is 1. The Balaban J connectivity index is 1.58. The van der Waals surface area contributed by atoms with Crippen molar-refractivity contribution in [2.45, 2.75) is 6.42 Å². The second-order valence-electron chi connectivity index (χ2n) is 6.00. The number of rotatable bonds is 3. The van der Waals surface area contributed by atoms with E-state index >= 15 is 0 Å². The predicted octanol–water partition coefficient (Wildman–Crippen LogP) is 2.02. The van der Waals surface area contributed by atoms with Crippen LogP contribution in [0.4, 0.5) is 5.69 Å². The molecule has 1 heterocycles. The molecular formula is C16H15N3O3. The van der Waals surface area contributed by atoms with Crippen molar-refractivity contribution >= 4 is 28.5 Å². The summed E-state index contributed by atoms with van der Waals surface area (Å²) in [7, 11) is 0. The number of benzene rings is 1. The van der Waals surface area contributed by atoms with Crippen LogP contribution < -0.4 is 5.32 Å². The van der Waals surface area contributed by atoms with Crippen molar-refractivity contribution in [2.24, 2.45) is 23.7 Å². The SMILES string of the molecule is O=C(Nc1ccc2cn[nH]c2c1)[C@@H]1[C@H](C(=O)O)[C@H]2C=C[C@H]1C2. The minimum atomic E-state index is -0.888. The lowest BCUT2D eigenvalue weighted by Gasteiger charge is -2.23. The van der Waals surface area contributed by atoms with Gasteiger partial charge >= 0.3 is 5.97 Å². The average Bonchev–Trinajstić information content (AvgIpc) is 3.20. The van der Waals surface area contributed by atoms with Crippen molar-refractivity contribution in [1.29, 1.82) is 0 Å². The minimum absolute atomic E-state index is 0.0201. The minimum Gasteiger partial charge on any atom is -0.481 e. The topological polar surface area (TPSA) is 95.1 Å². The maximum Gasteiger partial charge on any atom is 0.307 e. The van der Waals surface area contributed by atoms with Gasteiger partial charge in [0.2, 0.25) is 5.91 Å². The molecule has 1 fully saturated rings. The van der Waals surface area contributed by atoms with E-state index in [9.17, 15) is 14.7 Å². The highest BCUT2D eigenvalue weighted by Gasteiger charge is 2.51. The lowest BCUT2D eigenvalue weighted by atomic mass is 9.82. The highest BCUT2D eigenvalue weighted by atomic mass is 16.4. The number of carbonyl (C=O) groups excluding carboxylic acids is 1. The number of amides is 1. The first-order valence-corrected chi connectivity index (χ1v) is 7.28. The Morgan fingerprint density at radius 1 is 1.23 bits per heavy atom. The van der Waals surface area contributed by atoms with Crippen molar-refractivity contribution < 1.29 is 14.7 Å². The van der Waals surface area contributed by atoms with Gasteiger partial charge < -0.3 is 10.4 Å². The second kappa shape index (κ2) is 4.69. The van der Waals surface area contributed by atoms with Crippen LogP contribution in [0.2, 0.25) is 0 Å². The van der Waals surface area contributed by atoms with Crippen molar-refractivity contribution in [1.82, 2.24) is 10.2 Å². The van der Waals surface area contributed by atoms with Crippen LogP contribution in [-0.2, 0) is 9.59 Å². The molecule has 2 bridgehead atoms. The molecule has 1 aromatic carbocycles. The quantitative estimate of drug-likeness (QED) is 0.755. The zero-order valence-electron chi connectivity index (χ0n) is 11.7. The van der Waals surface area contributed by atoms with Gasteiger partial charge in [0.05, 0.1) is 23.5 Å². The molecule has 0 saturated heterocycles. The summed E-state index contributed by atoms with van der Waals surface area (Å²) in [4.78, 5) is 24.0. The van der Waals surface area contributed by atoms with Crippen LogP contribution in [-0.4, -0.2) is 27.2 Å². The highest BCUT2D eigenvalue weighted by molar-refractivity contribution is 5.97. The first kappa shape index (κ1) is 13.1. The Hall–Kier alpha value is -2.63. The van der Waals surface area contributed by atoms with Crippen molar-refractivity contribution in [3.05, 3.63) is 36.5 Å². The molecule has 6 nitrogen and oxygen atoms in total. The standard InChI is InChI=1S/C16H15N3O3/c20-15(13-8-1-2-9(5-8)14(13)16(21)22)18-11-4-3-10-7-17-19-12(10)6-11/h1-4,6-9,13-14H,5H2,(H,17,19)(H,18,20)(H,21,22)/t8-,9-,13-,14+/m0/s1. The number of nitrogens with one attached hydrogen (secondary N) is 2. The molecule has 0 unspecified atom stereocenters. The van der Waals surface area contributed by atoms with Gasteiger partial charge in [-0.3, -0.25) is 14.7 Å². The molecule has 2 aliphatic rings. The van der Waals surface area contributed by atoms with E-state index in [-0.39, 0.29) is 17.7 Å². The lowest BCUT2D eigenvalue weighted by Crippen LogP contribution is -2.36. The van der Waals surface area contributed by atoms with Crippen LogP contribution in [0.3, 0.4) is 0 Å². The monoisotopic (exact) mass is 297 g/mol. The van der Waals surface area contributed by atoms with Gasteiger partial charge in [-0.05, 0) is 36.5 Å².